The van der Waals surface area contributed by atoms with E-state index in [2.05, 4.69) is 0 Å². The van der Waals surface area contributed by atoms with E-state index in [-0.39, 0.29) is 49.9 Å². The maximum Gasteiger partial charge on any atom is 0.258 e. The average molecular weight is 525 g/mol. The van der Waals surface area contributed by atoms with Crippen LogP contribution in [-0.2, 0) is 22.6 Å². The molecule has 0 N–H and O–H groups in total. The fraction of sp³-hybridized carbons (Fsp3) is 0.379. The second-order valence-electron chi connectivity index (χ2n) is 9.28. The van der Waals surface area contributed by atoms with Crippen LogP contribution in [0, 0.1) is 12.7 Å². The van der Waals surface area contributed by atoms with Gasteiger partial charge in [-0.1, -0.05) is 12.1 Å². The lowest BCUT2D eigenvalue weighted by atomic mass is 10.1. The second kappa shape index (κ2) is 12.6. The van der Waals surface area contributed by atoms with Gasteiger partial charge in [-0.3, -0.25) is 9.59 Å². The molecule has 0 spiro atoms. The van der Waals surface area contributed by atoms with Gasteiger partial charge in [0.25, 0.3) is 5.91 Å². The maximum absolute atomic E-state index is 13.7. The highest BCUT2D eigenvalue weighted by molar-refractivity contribution is 5.99. The van der Waals surface area contributed by atoms with E-state index in [9.17, 15) is 14.0 Å². The molecule has 1 fully saturated rings. The van der Waals surface area contributed by atoms with Crippen molar-refractivity contribution in [1.82, 2.24) is 9.80 Å². The van der Waals surface area contributed by atoms with Gasteiger partial charge in [0.1, 0.15) is 35.4 Å². The largest absolute Gasteiger partial charge is 0.497 e. The molecule has 1 aromatic heterocycles. The molecule has 3 aromatic rings. The molecule has 8 nitrogen and oxygen atoms in total. The van der Waals surface area contributed by atoms with Crippen LogP contribution in [0.2, 0.25) is 0 Å². The summed E-state index contributed by atoms with van der Waals surface area (Å²) >= 11 is 0. The highest BCUT2D eigenvalue weighted by Gasteiger charge is 2.29. The normalized spacial score (nSPS) is 14.8. The highest BCUT2D eigenvalue weighted by atomic mass is 19.1. The first-order valence-corrected chi connectivity index (χ1v) is 12.6. The third kappa shape index (κ3) is 6.92. The number of ether oxygens (including phenoxy) is 3. The summed E-state index contributed by atoms with van der Waals surface area (Å²) in [6, 6.07) is 14.6. The minimum absolute atomic E-state index is 0.158. The number of methoxy groups -OCH3 is 2. The Labute approximate surface area is 221 Å². The van der Waals surface area contributed by atoms with Crippen molar-refractivity contribution in [3.8, 4) is 11.5 Å². The third-order valence-corrected chi connectivity index (χ3v) is 6.48. The Bertz CT molecular complexity index is 1240. The number of halogens is 1. The second-order valence-corrected chi connectivity index (χ2v) is 9.28. The average Bonchev–Trinajstić information content (AvgIpc) is 3.59. The number of aryl methyl sites for hydroxylation is 1. The van der Waals surface area contributed by atoms with Gasteiger partial charge in [-0.05, 0) is 61.7 Å². The summed E-state index contributed by atoms with van der Waals surface area (Å²) in [6.45, 7) is 2.99. The first kappa shape index (κ1) is 27.2. The summed E-state index contributed by atoms with van der Waals surface area (Å²) in [7, 11) is 3.02. The van der Waals surface area contributed by atoms with Crippen LogP contribution in [0.3, 0.4) is 0 Å². The molecule has 1 aliphatic heterocycles. The van der Waals surface area contributed by atoms with E-state index in [1.165, 1.54) is 31.3 Å². The molecule has 4 rings (SSSR count). The van der Waals surface area contributed by atoms with Gasteiger partial charge in [0.05, 0.1) is 32.4 Å². The van der Waals surface area contributed by atoms with Crippen molar-refractivity contribution in [2.75, 3.05) is 33.9 Å². The molecule has 38 heavy (non-hydrogen) atoms. The number of furan rings is 1. The van der Waals surface area contributed by atoms with Crippen LogP contribution in [0.25, 0.3) is 0 Å². The molecule has 1 saturated heterocycles. The Morgan fingerprint density at radius 1 is 1.00 bits per heavy atom. The van der Waals surface area contributed by atoms with Crippen molar-refractivity contribution < 1.29 is 32.6 Å². The number of carbonyl (C=O) groups is 2. The van der Waals surface area contributed by atoms with Gasteiger partial charge in [-0.25, -0.2) is 4.39 Å². The Balaban J connectivity index is 1.59. The lowest BCUT2D eigenvalue weighted by Crippen LogP contribution is -2.45. The molecule has 0 saturated carbocycles. The Hall–Kier alpha value is -3.85. The zero-order valence-electron chi connectivity index (χ0n) is 21.9. The highest BCUT2D eigenvalue weighted by Crippen LogP contribution is 2.27. The molecule has 0 radical (unpaired) electrons. The van der Waals surface area contributed by atoms with Crippen molar-refractivity contribution in [3.63, 3.8) is 0 Å². The van der Waals surface area contributed by atoms with Crippen LogP contribution in [0.15, 0.2) is 59.0 Å². The predicted octanol–water partition coefficient (Wildman–Crippen LogP) is 4.59. The van der Waals surface area contributed by atoms with Crippen molar-refractivity contribution >= 4 is 11.8 Å². The Morgan fingerprint density at radius 2 is 1.79 bits per heavy atom. The quantitative estimate of drug-likeness (QED) is 0.365. The third-order valence-electron chi connectivity index (χ3n) is 6.48. The van der Waals surface area contributed by atoms with E-state index < -0.39 is 0 Å². The molecule has 2 aromatic carbocycles. The smallest absolute Gasteiger partial charge is 0.258 e. The van der Waals surface area contributed by atoms with Crippen LogP contribution < -0.4 is 9.47 Å². The zero-order valence-corrected chi connectivity index (χ0v) is 21.9. The number of amides is 2. The summed E-state index contributed by atoms with van der Waals surface area (Å²) in [6.07, 6.45) is 1.55. The molecule has 0 bridgehead atoms. The number of carbonyl (C=O) groups excluding carboxylic acids is 2. The summed E-state index contributed by atoms with van der Waals surface area (Å²) in [5, 5.41) is 0. The van der Waals surface area contributed by atoms with E-state index in [1.54, 1.807) is 35.2 Å². The summed E-state index contributed by atoms with van der Waals surface area (Å²) < 4.78 is 35.7. The number of hydrogen-bond acceptors (Lipinski definition) is 6. The first-order chi connectivity index (χ1) is 18.4. The molecule has 0 aliphatic carbocycles. The SMILES string of the molecule is COc1ccc(C(=O)N(CC(=O)N(Cc2ccc(F)cc2)Cc2ccc(C)o2)CC2CCCO2)c(OC)c1. The lowest BCUT2D eigenvalue weighted by molar-refractivity contribution is -0.133. The van der Waals surface area contributed by atoms with Gasteiger partial charge >= 0.3 is 0 Å². The van der Waals surface area contributed by atoms with Crippen molar-refractivity contribution in [3.05, 3.63) is 83.1 Å². The van der Waals surface area contributed by atoms with E-state index >= 15 is 0 Å². The van der Waals surface area contributed by atoms with E-state index in [0.29, 0.717) is 29.4 Å². The van der Waals surface area contributed by atoms with Gasteiger partial charge in [-0.15, -0.1) is 0 Å². The molecule has 9 heteroatoms. The molecule has 2 heterocycles. The first-order valence-electron chi connectivity index (χ1n) is 12.6. The van der Waals surface area contributed by atoms with E-state index in [1.807, 2.05) is 19.1 Å². The van der Waals surface area contributed by atoms with Crippen LogP contribution in [0.1, 0.15) is 40.3 Å². The van der Waals surface area contributed by atoms with Crippen molar-refractivity contribution in [2.45, 2.75) is 39.0 Å². The van der Waals surface area contributed by atoms with Gasteiger partial charge < -0.3 is 28.4 Å². The zero-order chi connectivity index (χ0) is 27.1. The predicted molar refractivity (Wildman–Crippen MR) is 139 cm³/mol. The minimum Gasteiger partial charge on any atom is -0.497 e. The van der Waals surface area contributed by atoms with Crippen molar-refractivity contribution in [2.24, 2.45) is 0 Å². The van der Waals surface area contributed by atoms with E-state index in [4.69, 9.17) is 18.6 Å². The Morgan fingerprint density at radius 3 is 2.42 bits per heavy atom. The van der Waals surface area contributed by atoms with E-state index in [0.717, 1.165) is 24.2 Å². The van der Waals surface area contributed by atoms with Gasteiger partial charge in [0, 0.05) is 25.8 Å². The van der Waals surface area contributed by atoms with Crippen LogP contribution in [0.5, 0.6) is 11.5 Å². The Kier molecular flexibility index (Phi) is 9.02. The molecule has 1 unspecified atom stereocenters. The number of benzene rings is 2. The lowest BCUT2D eigenvalue weighted by Gasteiger charge is -2.29. The number of rotatable bonds is 11. The minimum atomic E-state index is -0.352. The molecule has 1 atom stereocenters. The van der Waals surface area contributed by atoms with Crippen LogP contribution >= 0.6 is 0 Å². The van der Waals surface area contributed by atoms with Gasteiger partial charge in [0.2, 0.25) is 5.91 Å². The fourth-order valence-electron chi connectivity index (χ4n) is 4.46. The molecule has 2 amide bonds. The molecule has 202 valence electrons. The van der Waals surface area contributed by atoms with Gasteiger partial charge in [0.15, 0.2) is 0 Å². The van der Waals surface area contributed by atoms with Crippen LogP contribution in [-0.4, -0.2) is 61.6 Å². The van der Waals surface area contributed by atoms with Crippen LogP contribution in [0.4, 0.5) is 4.39 Å². The molecule has 1 aliphatic rings. The standard InChI is InChI=1S/C29H33FN2O6/c1-20-6-11-25(38-20)18-31(16-21-7-9-22(30)10-8-21)28(33)19-32(17-24-5-4-14-37-24)29(34)26-13-12-23(35-2)15-27(26)36-3/h6-13,15,24H,4-5,14,16-19H2,1-3H3. The van der Waals surface area contributed by atoms with Crippen molar-refractivity contribution in [1.29, 1.82) is 0 Å². The number of nitrogens with zero attached hydrogens (tertiary/aromatic N) is 2. The molecular weight excluding hydrogens is 491 g/mol. The number of hydrogen-bond donors (Lipinski definition) is 0. The summed E-state index contributed by atoms with van der Waals surface area (Å²) in [4.78, 5) is 30.6. The molecular formula is C29H33FN2O6. The maximum atomic E-state index is 13.7. The summed E-state index contributed by atoms with van der Waals surface area (Å²) in [5.74, 6) is 1.29. The topological polar surface area (TPSA) is 81.5 Å². The fourth-order valence-corrected chi connectivity index (χ4v) is 4.46. The van der Waals surface area contributed by atoms with Gasteiger partial charge in [-0.2, -0.15) is 0 Å². The summed E-state index contributed by atoms with van der Waals surface area (Å²) in [5.41, 5.74) is 1.09. The monoisotopic (exact) mass is 524 g/mol.